The summed E-state index contributed by atoms with van der Waals surface area (Å²) < 4.78 is 4.68. The zero-order valence-corrected chi connectivity index (χ0v) is 11.2. The van der Waals surface area contributed by atoms with Crippen LogP contribution >= 0.6 is 0 Å². The molecule has 2 rings (SSSR count). The third-order valence-corrected chi connectivity index (χ3v) is 3.12. The van der Waals surface area contributed by atoms with Gasteiger partial charge in [0.2, 0.25) is 0 Å². The maximum atomic E-state index is 11.4. The number of hydrogen-bond acceptors (Lipinski definition) is 6. The van der Waals surface area contributed by atoms with E-state index in [0.29, 0.717) is 11.4 Å². The number of methoxy groups -OCH3 is 1. The molecule has 0 aromatic carbocycles. The van der Waals surface area contributed by atoms with Gasteiger partial charge in [-0.25, -0.2) is 9.78 Å². The summed E-state index contributed by atoms with van der Waals surface area (Å²) in [5, 5.41) is 6.55. The Balaban J connectivity index is 1.80. The summed E-state index contributed by atoms with van der Waals surface area (Å²) in [6.45, 7) is 6.06. The fourth-order valence-corrected chi connectivity index (χ4v) is 2.05. The van der Waals surface area contributed by atoms with Crippen molar-refractivity contribution in [3.8, 4) is 0 Å². The van der Waals surface area contributed by atoms with Crippen LogP contribution in [0.2, 0.25) is 0 Å². The number of piperazine rings is 1. The number of rotatable bonds is 5. The average Bonchev–Trinajstić information content (AvgIpc) is 2.48. The van der Waals surface area contributed by atoms with Gasteiger partial charge in [0.15, 0.2) is 0 Å². The molecule has 0 saturated carbocycles. The standard InChI is InChI=1S/C13H20N4O2/c1-19-13(18)11-2-3-15-12(10-11)16-6-9-17-7-4-14-5-8-17/h2-3,10,14H,4-9H2,1H3,(H,15,16). The molecular weight excluding hydrogens is 244 g/mol. The Kier molecular flexibility index (Phi) is 5.11. The zero-order chi connectivity index (χ0) is 13.5. The fourth-order valence-electron chi connectivity index (χ4n) is 2.05. The number of anilines is 1. The minimum absolute atomic E-state index is 0.340. The average molecular weight is 264 g/mol. The summed E-state index contributed by atoms with van der Waals surface area (Å²) in [5.41, 5.74) is 0.516. The van der Waals surface area contributed by atoms with E-state index in [-0.39, 0.29) is 5.97 Å². The highest BCUT2D eigenvalue weighted by molar-refractivity contribution is 5.89. The third-order valence-electron chi connectivity index (χ3n) is 3.12. The van der Waals surface area contributed by atoms with Crippen molar-refractivity contribution in [2.45, 2.75) is 0 Å². The fraction of sp³-hybridized carbons (Fsp3) is 0.538. The summed E-state index contributed by atoms with van der Waals surface area (Å²) in [6.07, 6.45) is 1.61. The molecule has 0 amide bonds. The second-order valence-electron chi connectivity index (χ2n) is 4.44. The Hall–Kier alpha value is -1.66. The highest BCUT2D eigenvalue weighted by atomic mass is 16.5. The Morgan fingerprint density at radius 1 is 1.53 bits per heavy atom. The molecule has 104 valence electrons. The quantitative estimate of drug-likeness (QED) is 0.740. The van der Waals surface area contributed by atoms with Crippen LogP contribution in [0.15, 0.2) is 18.3 Å². The van der Waals surface area contributed by atoms with E-state index >= 15 is 0 Å². The minimum Gasteiger partial charge on any atom is -0.465 e. The molecule has 1 fully saturated rings. The van der Waals surface area contributed by atoms with E-state index in [1.807, 2.05) is 0 Å². The van der Waals surface area contributed by atoms with E-state index in [1.54, 1.807) is 18.3 Å². The van der Waals surface area contributed by atoms with Crippen LogP contribution in [0.4, 0.5) is 5.82 Å². The van der Waals surface area contributed by atoms with Gasteiger partial charge in [-0.2, -0.15) is 0 Å². The number of aromatic nitrogens is 1. The monoisotopic (exact) mass is 264 g/mol. The first-order chi connectivity index (χ1) is 9.29. The first-order valence-electron chi connectivity index (χ1n) is 6.51. The SMILES string of the molecule is COC(=O)c1ccnc(NCCN2CCNCC2)c1. The lowest BCUT2D eigenvalue weighted by molar-refractivity contribution is 0.0600. The van der Waals surface area contributed by atoms with Crippen molar-refractivity contribution in [2.75, 3.05) is 51.7 Å². The molecule has 0 unspecified atom stereocenters. The molecule has 6 nitrogen and oxygen atoms in total. The van der Waals surface area contributed by atoms with Crippen LogP contribution in [0.25, 0.3) is 0 Å². The van der Waals surface area contributed by atoms with E-state index < -0.39 is 0 Å². The first kappa shape index (κ1) is 13.8. The second-order valence-corrected chi connectivity index (χ2v) is 4.44. The van der Waals surface area contributed by atoms with Crippen molar-refractivity contribution in [1.82, 2.24) is 15.2 Å². The van der Waals surface area contributed by atoms with Crippen molar-refractivity contribution >= 4 is 11.8 Å². The predicted molar refractivity (Wildman–Crippen MR) is 73.4 cm³/mol. The molecule has 6 heteroatoms. The first-order valence-corrected chi connectivity index (χ1v) is 6.51. The van der Waals surface area contributed by atoms with E-state index in [0.717, 1.165) is 39.3 Å². The van der Waals surface area contributed by atoms with Crippen molar-refractivity contribution in [3.63, 3.8) is 0 Å². The van der Waals surface area contributed by atoms with E-state index in [4.69, 9.17) is 0 Å². The minimum atomic E-state index is -0.340. The molecule has 0 radical (unpaired) electrons. The molecule has 0 spiro atoms. The highest BCUT2D eigenvalue weighted by Gasteiger charge is 2.09. The van der Waals surface area contributed by atoms with Gasteiger partial charge in [-0.3, -0.25) is 4.90 Å². The number of esters is 1. The normalized spacial score (nSPS) is 16.1. The van der Waals surface area contributed by atoms with Gasteiger partial charge in [-0.1, -0.05) is 0 Å². The van der Waals surface area contributed by atoms with Gasteiger partial charge in [0, 0.05) is 45.5 Å². The van der Waals surface area contributed by atoms with Gasteiger partial charge < -0.3 is 15.4 Å². The molecule has 1 aliphatic heterocycles. The van der Waals surface area contributed by atoms with E-state index in [2.05, 4.69) is 25.3 Å². The van der Waals surface area contributed by atoms with Crippen molar-refractivity contribution in [1.29, 1.82) is 0 Å². The Morgan fingerprint density at radius 2 is 2.32 bits per heavy atom. The lowest BCUT2D eigenvalue weighted by atomic mass is 10.2. The van der Waals surface area contributed by atoms with Crippen LogP contribution < -0.4 is 10.6 Å². The molecule has 1 saturated heterocycles. The second kappa shape index (κ2) is 7.06. The Labute approximate surface area is 113 Å². The van der Waals surface area contributed by atoms with Crippen molar-refractivity contribution < 1.29 is 9.53 Å². The summed E-state index contributed by atoms with van der Waals surface area (Å²) in [4.78, 5) is 18.0. The number of carbonyl (C=O) groups is 1. The number of pyridine rings is 1. The topological polar surface area (TPSA) is 66.5 Å². The number of ether oxygens (including phenoxy) is 1. The van der Waals surface area contributed by atoms with Gasteiger partial charge in [-0.15, -0.1) is 0 Å². The molecule has 19 heavy (non-hydrogen) atoms. The van der Waals surface area contributed by atoms with E-state index in [9.17, 15) is 4.79 Å². The molecule has 0 bridgehead atoms. The predicted octanol–water partition coefficient (Wildman–Crippen LogP) is 0.185. The highest BCUT2D eigenvalue weighted by Crippen LogP contribution is 2.07. The van der Waals surface area contributed by atoms with Crippen LogP contribution in [-0.2, 0) is 4.74 Å². The maximum Gasteiger partial charge on any atom is 0.338 e. The Bertz CT molecular complexity index is 419. The maximum absolute atomic E-state index is 11.4. The molecule has 0 atom stereocenters. The van der Waals surface area contributed by atoms with Gasteiger partial charge >= 0.3 is 5.97 Å². The molecule has 1 aliphatic rings. The van der Waals surface area contributed by atoms with Gasteiger partial charge in [0.05, 0.1) is 12.7 Å². The number of carbonyl (C=O) groups excluding carboxylic acids is 1. The number of nitrogens with zero attached hydrogens (tertiary/aromatic N) is 2. The summed E-state index contributed by atoms with van der Waals surface area (Å²) >= 11 is 0. The largest absolute Gasteiger partial charge is 0.465 e. The molecule has 0 aliphatic carbocycles. The van der Waals surface area contributed by atoms with Crippen LogP contribution in [0, 0.1) is 0 Å². The number of nitrogens with one attached hydrogen (secondary N) is 2. The van der Waals surface area contributed by atoms with Crippen molar-refractivity contribution in [3.05, 3.63) is 23.9 Å². The summed E-state index contributed by atoms with van der Waals surface area (Å²) in [7, 11) is 1.38. The van der Waals surface area contributed by atoms with E-state index in [1.165, 1.54) is 7.11 Å². The Morgan fingerprint density at radius 3 is 3.05 bits per heavy atom. The third kappa shape index (κ3) is 4.18. The number of hydrogen-bond donors (Lipinski definition) is 2. The van der Waals surface area contributed by atoms with Crippen LogP contribution in [0.5, 0.6) is 0 Å². The van der Waals surface area contributed by atoms with Crippen LogP contribution in [0.1, 0.15) is 10.4 Å². The summed E-state index contributed by atoms with van der Waals surface area (Å²) in [5.74, 6) is 0.366. The molecule has 2 heterocycles. The van der Waals surface area contributed by atoms with Gasteiger partial charge in [0.25, 0.3) is 0 Å². The molecule has 1 aromatic rings. The van der Waals surface area contributed by atoms with Gasteiger partial charge in [0.1, 0.15) is 5.82 Å². The molecule has 1 aromatic heterocycles. The molecule has 2 N–H and O–H groups in total. The van der Waals surface area contributed by atoms with Crippen molar-refractivity contribution in [2.24, 2.45) is 0 Å². The lowest BCUT2D eigenvalue weighted by Crippen LogP contribution is -2.45. The molecular formula is C13H20N4O2. The lowest BCUT2D eigenvalue weighted by Gasteiger charge is -2.27. The van der Waals surface area contributed by atoms with Gasteiger partial charge in [-0.05, 0) is 12.1 Å². The smallest absolute Gasteiger partial charge is 0.338 e. The van der Waals surface area contributed by atoms with Crippen LogP contribution in [-0.4, -0.2) is 62.2 Å². The zero-order valence-electron chi connectivity index (χ0n) is 11.2. The van der Waals surface area contributed by atoms with Crippen LogP contribution in [0.3, 0.4) is 0 Å². The summed E-state index contributed by atoms with van der Waals surface area (Å²) in [6, 6.07) is 3.36.